The minimum atomic E-state index is -4.81. The maximum absolute atomic E-state index is 12.4. The summed E-state index contributed by atoms with van der Waals surface area (Å²) in [5.74, 6) is -0.677. The van der Waals surface area contributed by atoms with Gasteiger partial charge in [-0.2, -0.15) is 0 Å². The summed E-state index contributed by atoms with van der Waals surface area (Å²) < 4.78 is 41.0. The van der Waals surface area contributed by atoms with Crippen molar-refractivity contribution in [1.82, 2.24) is 5.32 Å². The quantitative estimate of drug-likeness (QED) is 0.842. The Kier molecular flexibility index (Phi) is 4.17. The van der Waals surface area contributed by atoms with E-state index in [1.54, 1.807) is 0 Å². The molecule has 0 radical (unpaired) electrons. The van der Waals surface area contributed by atoms with Crippen LogP contribution in [0.25, 0.3) is 0 Å². The molecule has 0 bridgehead atoms. The van der Waals surface area contributed by atoms with Gasteiger partial charge < -0.3 is 15.8 Å². The first kappa shape index (κ1) is 14.6. The molecule has 1 aromatic rings. The predicted molar refractivity (Wildman–Crippen MR) is 65.8 cm³/mol. The number of carbonyl (C=O) groups excluding carboxylic acids is 1. The molecule has 7 heteroatoms. The Morgan fingerprint density at radius 2 is 2.05 bits per heavy atom. The zero-order chi connectivity index (χ0) is 14.8. The number of para-hydroxylation sites is 1. The van der Waals surface area contributed by atoms with Crippen LogP contribution in [0.4, 0.5) is 13.2 Å². The van der Waals surface area contributed by atoms with Crippen LogP contribution in [0.5, 0.6) is 5.75 Å². The fourth-order valence-electron chi connectivity index (χ4n) is 1.91. The van der Waals surface area contributed by atoms with E-state index in [1.807, 2.05) is 0 Å². The number of amides is 1. The highest BCUT2D eigenvalue weighted by Gasteiger charge is 2.34. The van der Waals surface area contributed by atoms with Gasteiger partial charge in [0.1, 0.15) is 11.8 Å². The number of nitrogens with two attached hydrogens (primary N) is 1. The SMILES string of the molecule is NC(=O)C(NCC1CC1)c1ccccc1OC(F)(F)F. The smallest absolute Gasteiger partial charge is 0.405 e. The lowest BCUT2D eigenvalue weighted by molar-refractivity contribution is -0.275. The van der Waals surface area contributed by atoms with Crippen molar-refractivity contribution in [1.29, 1.82) is 0 Å². The van der Waals surface area contributed by atoms with E-state index in [0.29, 0.717) is 12.5 Å². The van der Waals surface area contributed by atoms with E-state index in [4.69, 9.17) is 5.73 Å². The van der Waals surface area contributed by atoms with Gasteiger partial charge in [-0.25, -0.2) is 0 Å². The second kappa shape index (κ2) is 5.70. The van der Waals surface area contributed by atoms with Crippen molar-refractivity contribution in [2.75, 3.05) is 6.54 Å². The number of primary amides is 1. The average Bonchev–Trinajstić information content (AvgIpc) is 3.13. The zero-order valence-electron chi connectivity index (χ0n) is 10.6. The lowest BCUT2D eigenvalue weighted by atomic mass is 10.0. The Morgan fingerprint density at radius 3 is 2.60 bits per heavy atom. The molecule has 1 amide bonds. The summed E-state index contributed by atoms with van der Waals surface area (Å²) in [4.78, 5) is 11.5. The summed E-state index contributed by atoms with van der Waals surface area (Å²) in [5, 5.41) is 2.90. The molecule has 110 valence electrons. The number of halogens is 3. The Morgan fingerprint density at radius 1 is 1.40 bits per heavy atom. The zero-order valence-corrected chi connectivity index (χ0v) is 10.6. The molecule has 20 heavy (non-hydrogen) atoms. The summed E-state index contributed by atoms with van der Waals surface area (Å²) >= 11 is 0. The Bertz CT molecular complexity index is 487. The number of benzene rings is 1. The van der Waals surface area contributed by atoms with Crippen LogP contribution in [-0.4, -0.2) is 18.8 Å². The van der Waals surface area contributed by atoms with Crippen molar-refractivity contribution in [3.8, 4) is 5.75 Å². The number of rotatable bonds is 6. The van der Waals surface area contributed by atoms with Gasteiger partial charge in [0.2, 0.25) is 5.91 Å². The van der Waals surface area contributed by atoms with Gasteiger partial charge in [-0.1, -0.05) is 18.2 Å². The van der Waals surface area contributed by atoms with Gasteiger partial charge in [0.25, 0.3) is 0 Å². The van der Waals surface area contributed by atoms with Crippen molar-refractivity contribution in [3.05, 3.63) is 29.8 Å². The molecule has 1 atom stereocenters. The molecule has 0 spiro atoms. The summed E-state index contributed by atoms with van der Waals surface area (Å²) in [7, 11) is 0. The van der Waals surface area contributed by atoms with Gasteiger partial charge in [0.05, 0.1) is 0 Å². The first-order chi connectivity index (χ1) is 9.37. The molecule has 1 saturated carbocycles. The number of hydrogen-bond acceptors (Lipinski definition) is 3. The normalized spacial score (nSPS) is 16.8. The molecular weight excluding hydrogens is 273 g/mol. The molecule has 1 unspecified atom stereocenters. The van der Waals surface area contributed by atoms with Gasteiger partial charge in [0.15, 0.2) is 0 Å². The van der Waals surface area contributed by atoms with E-state index in [2.05, 4.69) is 10.1 Å². The fraction of sp³-hybridized carbons (Fsp3) is 0.462. The number of carbonyl (C=O) groups is 1. The molecule has 0 saturated heterocycles. The fourth-order valence-corrected chi connectivity index (χ4v) is 1.91. The standard InChI is InChI=1S/C13H15F3N2O2/c14-13(15,16)20-10-4-2-1-3-9(10)11(12(17)19)18-7-8-5-6-8/h1-4,8,11,18H,5-7H2,(H2,17,19). The molecule has 1 aromatic carbocycles. The lowest BCUT2D eigenvalue weighted by Crippen LogP contribution is -2.35. The van der Waals surface area contributed by atoms with Crippen molar-refractivity contribution in [3.63, 3.8) is 0 Å². The highest BCUT2D eigenvalue weighted by atomic mass is 19.4. The third-order valence-electron chi connectivity index (χ3n) is 3.05. The van der Waals surface area contributed by atoms with E-state index in [9.17, 15) is 18.0 Å². The third-order valence-corrected chi connectivity index (χ3v) is 3.05. The number of hydrogen-bond donors (Lipinski definition) is 2. The molecule has 1 aliphatic carbocycles. The number of alkyl halides is 3. The van der Waals surface area contributed by atoms with Crippen LogP contribution < -0.4 is 15.8 Å². The van der Waals surface area contributed by atoms with E-state index >= 15 is 0 Å². The van der Waals surface area contributed by atoms with Crippen LogP contribution in [0.2, 0.25) is 0 Å². The van der Waals surface area contributed by atoms with Crippen LogP contribution in [-0.2, 0) is 4.79 Å². The third kappa shape index (κ3) is 4.12. The minimum Gasteiger partial charge on any atom is -0.405 e. The molecule has 1 fully saturated rings. The minimum absolute atomic E-state index is 0.0953. The molecule has 0 aliphatic heterocycles. The molecular formula is C13H15F3N2O2. The maximum atomic E-state index is 12.4. The van der Waals surface area contributed by atoms with E-state index in [0.717, 1.165) is 18.9 Å². The summed E-state index contributed by atoms with van der Waals surface area (Å²) in [6.07, 6.45) is -2.70. The number of nitrogens with one attached hydrogen (secondary N) is 1. The highest BCUT2D eigenvalue weighted by molar-refractivity contribution is 5.82. The van der Waals surface area contributed by atoms with E-state index in [-0.39, 0.29) is 5.56 Å². The largest absolute Gasteiger partial charge is 0.573 e. The van der Waals surface area contributed by atoms with Gasteiger partial charge in [-0.15, -0.1) is 13.2 Å². The average molecular weight is 288 g/mol. The van der Waals surface area contributed by atoms with Crippen LogP contribution in [0.1, 0.15) is 24.4 Å². The maximum Gasteiger partial charge on any atom is 0.573 e. The summed E-state index contributed by atoms with van der Waals surface area (Å²) in [6.45, 7) is 0.550. The van der Waals surface area contributed by atoms with Gasteiger partial charge in [-0.05, 0) is 31.4 Å². The van der Waals surface area contributed by atoms with Crippen molar-refractivity contribution in [2.45, 2.75) is 25.2 Å². The van der Waals surface area contributed by atoms with Crippen LogP contribution in [0.3, 0.4) is 0 Å². The highest BCUT2D eigenvalue weighted by Crippen LogP contribution is 2.32. The van der Waals surface area contributed by atoms with Gasteiger partial charge in [0, 0.05) is 5.56 Å². The molecule has 0 aromatic heterocycles. The van der Waals surface area contributed by atoms with Crippen LogP contribution >= 0.6 is 0 Å². The lowest BCUT2D eigenvalue weighted by Gasteiger charge is -2.19. The molecule has 0 heterocycles. The first-order valence-corrected chi connectivity index (χ1v) is 6.24. The molecule has 3 N–H and O–H groups in total. The van der Waals surface area contributed by atoms with Crippen molar-refractivity contribution in [2.24, 2.45) is 11.7 Å². The van der Waals surface area contributed by atoms with E-state index < -0.39 is 24.1 Å². The van der Waals surface area contributed by atoms with Gasteiger partial charge in [-0.3, -0.25) is 4.79 Å². The Hall–Kier alpha value is -1.76. The first-order valence-electron chi connectivity index (χ1n) is 6.24. The predicted octanol–water partition coefficient (Wildman–Crippen LogP) is 2.11. The monoisotopic (exact) mass is 288 g/mol. The Labute approximate surface area is 114 Å². The van der Waals surface area contributed by atoms with Crippen molar-refractivity contribution >= 4 is 5.91 Å². The molecule has 2 rings (SSSR count). The summed E-state index contributed by atoms with van der Waals surface area (Å²) in [6, 6.07) is 4.51. The summed E-state index contributed by atoms with van der Waals surface area (Å²) in [5.41, 5.74) is 5.37. The number of ether oxygens (including phenoxy) is 1. The van der Waals surface area contributed by atoms with E-state index in [1.165, 1.54) is 18.2 Å². The molecule has 1 aliphatic rings. The Balaban J connectivity index is 2.19. The van der Waals surface area contributed by atoms with Crippen LogP contribution in [0.15, 0.2) is 24.3 Å². The topological polar surface area (TPSA) is 64.4 Å². The second-order valence-corrected chi connectivity index (χ2v) is 4.77. The second-order valence-electron chi connectivity index (χ2n) is 4.77. The molecule has 4 nitrogen and oxygen atoms in total. The van der Waals surface area contributed by atoms with Crippen LogP contribution in [0, 0.1) is 5.92 Å². The van der Waals surface area contributed by atoms with Gasteiger partial charge >= 0.3 is 6.36 Å². The van der Waals surface area contributed by atoms with Crippen molar-refractivity contribution < 1.29 is 22.7 Å².